The summed E-state index contributed by atoms with van der Waals surface area (Å²) in [5.41, 5.74) is 1.85. The maximum atomic E-state index is 11.0. The highest BCUT2D eigenvalue weighted by molar-refractivity contribution is 9.08. The molecule has 0 radical (unpaired) electrons. The number of rotatable bonds is 2. The van der Waals surface area contributed by atoms with Crippen molar-refractivity contribution in [2.24, 2.45) is 0 Å². The third kappa shape index (κ3) is 2.16. The molecular weight excluding hydrogens is 306 g/mol. The Hall–Kier alpha value is -0.590. The Morgan fingerprint density at radius 3 is 2.80 bits per heavy atom. The Morgan fingerprint density at radius 1 is 1.47 bits per heavy atom. The molecule has 0 atom stereocenters. The standard InChI is InChI=1S/C8H5BrClNO3S/c9-4-5-1-2-6-7(3-5)14-8(11-6)15(10,12)13/h1-3H,4H2. The Morgan fingerprint density at radius 2 is 2.20 bits per heavy atom. The fourth-order valence-corrected chi connectivity index (χ4v) is 2.08. The van der Waals surface area contributed by atoms with Crippen LogP contribution in [0.4, 0.5) is 0 Å². The zero-order valence-corrected chi connectivity index (χ0v) is 10.4. The van der Waals surface area contributed by atoms with E-state index in [1.54, 1.807) is 12.1 Å². The molecule has 0 spiro atoms. The summed E-state index contributed by atoms with van der Waals surface area (Å²) in [7, 11) is 1.21. The van der Waals surface area contributed by atoms with E-state index < -0.39 is 14.3 Å². The van der Waals surface area contributed by atoms with Gasteiger partial charge in [-0.15, -0.1) is 0 Å². The first-order chi connectivity index (χ1) is 7.00. The number of nitrogens with zero attached hydrogens (tertiary/aromatic N) is 1. The van der Waals surface area contributed by atoms with Gasteiger partial charge in [-0.25, -0.2) is 8.42 Å². The summed E-state index contributed by atoms with van der Waals surface area (Å²) in [5, 5.41) is 0.193. The first kappa shape index (κ1) is 10.9. The lowest BCUT2D eigenvalue weighted by Gasteiger charge is -1.91. The fourth-order valence-electron chi connectivity index (χ4n) is 1.14. The molecule has 80 valence electrons. The second-order valence-electron chi connectivity index (χ2n) is 2.85. The lowest BCUT2D eigenvalue weighted by Crippen LogP contribution is -1.88. The maximum absolute atomic E-state index is 11.0. The van der Waals surface area contributed by atoms with Gasteiger partial charge < -0.3 is 4.42 Å². The molecule has 0 saturated heterocycles. The molecule has 2 rings (SSSR count). The van der Waals surface area contributed by atoms with Gasteiger partial charge in [-0.05, 0) is 17.7 Å². The summed E-state index contributed by atoms with van der Waals surface area (Å²) in [5.74, 6) is 0. The van der Waals surface area contributed by atoms with Crippen LogP contribution in [0.15, 0.2) is 27.8 Å². The Kier molecular flexibility index (Phi) is 2.74. The van der Waals surface area contributed by atoms with E-state index in [0.29, 0.717) is 16.4 Å². The number of oxazole rings is 1. The molecule has 0 saturated carbocycles. The molecule has 0 N–H and O–H groups in total. The molecule has 0 fully saturated rings. The third-order valence-electron chi connectivity index (χ3n) is 1.80. The molecule has 0 bridgehead atoms. The smallest absolute Gasteiger partial charge is 0.332 e. The minimum Gasteiger partial charge on any atom is -0.427 e. The Labute approximate surface area is 98.8 Å². The SMILES string of the molecule is O=S(=O)(Cl)c1nc2ccc(CBr)cc2o1. The van der Waals surface area contributed by atoms with Gasteiger partial charge in [0, 0.05) is 16.0 Å². The maximum Gasteiger partial charge on any atom is 0.332 e. The second-order valence-corrected chi connectivity index (χ2v) is 5.86. The number of halogens is 2. The quantitative estimate of drug-likeness (QED) is 0.632. The molecule has 0 aliphatic rings. The fraction of sp³-hybridized carbons (Fsp3) is 0.125. The molecule has 7 heteroatoms. The number of aromatic nitrogens is 1. The molecule has 1 heterocycles. The number of benzene rings is 1. The first-order valence-electron chi connectivity index (χ1n) is 3.91. The van der Waals surface area contributed by atoms with Crippen molar-refractivity contribution in [2.45, 2.75) is 10.6 Å². The highest BCUT2D eigenvalue weighted by Gasteiger charge is 2.18. The van der Waals surface area contributed by atoms with E-state index in [1.807, 2.05) is 6.07 Å². The van der Waals surface area contributed by atoms with Crippen LogP contribution in [0.25, 0.3) is 11.1 Å². The van der Waals surface area contributed by atoms with Gasteiger partial charge in [-0.1, -0.05) is 22.0 Å². The van der Waals surface area contributed by atoms with Crippen LogP contribution < -0.4 is 0 Å². The van der Waals surface area contributed by atoms with Crippen LogP contribution in [-0.2, 0) is 14.4 Å². The summed E-state index contributed by atoms with van der Waals surface area (Å²) in [6.45, 7) is 0. The predicted octanol–water partition coefficient (Wildman–Crippen LogP) is 2.65. The summed E-state index contributed by atoms with van der Waals surface area (Å²) in [6, 6.07) is 5.22. The summed E-state index contributed by atoms with van der Waals surface area (Å²) in [6.07, 6.45) is 0. The molecule has 0 aliphatic carbocycles. The van der Waals surface area contributed by atoms with Crippen LogP contribution in [0.1, 0.15) is 5.56 Å². The predicted molar refractivity (Wildman–Crippen MR) is 59.7 cm³/mol. The zero-order valence-electron chi connectivity index (χ0n) is 7.28. The molecule has 0 amide bonds. The molecule has 15 heavy (non-hydrogen) atoms. The summed E-state index contributed by atoms with van der Waals surface area (Å²) >= 11 is 3.28. The number of hydrogen-bond acceptors (Lipinski definition) is 4. The number of alkyl halides is 1. The Bertz CT molecular complexity index is 607. The van der Waals surface area contributed by atoms with Crippen LogP contribution in [0.2, 0.25) is 0 Å². The van der Waals surface area contributed by atoms with Crippen LogP contribution in [0.3, 0.4) is 0 Å². The first-order valence-corrected chi connectivity index (χ1v) is 7.34. The normalized spacial score (nSPS) is 12.1. The van der Waals surface area contributed by atoms with Gasteiger partial charge in [0.2, 0.25) is 0 Å². The molecule has 0 aliphatic heterocycles. The third-order valence-corrected chi connectivity index (χ3v) is 3.43. The van der Waals surface area contributed by atoms with Gasteiger partial charge in [0.1, 0.15) is 5.52 Å². The van der Waals surface area contributed by atoms with E-state index in [0.717, 1.165) is 5.56 Å². The van der Waals surface area contributed by atoms with Crippen molar-refractivity contribution < 1.29 is 12.8 Å². The average molecular weight is 311 g/mol. The van der Waals surface area contributed by atoms with Crippen molar-refractivity contribution >= 4 is 46.8 Å². The number of hydrogen-bond donors (Lipinski definition) is 0. The van der Waals surface area contributed by atoms with Crippen molar-refractivity contribution in [3.05, 3.63) is 23.8 Å². The van der Waals surface area contributed by atoms with E-state index in [2.05, 4.69) is 20.9 Å². The topological polar surface area (TPSA) is 60.2 Å². The van der Waals surface area contributed by atoms with Crippen molar-refractivity contribution in [3.63, 3.8) is 0 Å². The number of fused-ring (bicyclic) bond motifs is 1. The van der Waals surface area contributed by atoms with Gasteiger partial charge in [0.15, 0.2) is 5.58 Å². The molecule has 0 unspecified atom stereocenters. The average Bonchev–Trinajstić information content (AvgIpc) is 2.59. The molecule has 1 aromatic carbocycles. The molecule has 2 aromatic rings. The van der Waals surface area contributed by atoms with Gasteiger partial charge >= 0.3 is 14.3 Å². The van der Waals surface area contributed by atoms with Gasteiger partial charge in [0.05, 0.1) is 0 Å². The van der Waals surface area contributed by atoms with Crippen molar-refractivity contribution in [1.29, 1.82) is 0 Å². The Balaban J connectivity index is 2.66. The second kappa shape index (κ2) is 3.77. The highest BCUT2D eigenvalue weighted by Crippen LogP contribution is 2.22. The van der Waals surface area contributed by atoms with E-state index in [4.69, 9.17) is 15.1 Å². The lowest BCUT2D eigenvalue weighted by atomic mass is 10.2. The zero-order chi connectivity index (χ0) is 11.1. The monoisotopic (exact) mass is 309 g/mol. The largest absolute Gasteiger partial charge is 0.427 e. The van der Waals surface area contributed by atoms with Crippen molar-refractivity contribution in [2.75, 3.05) is 0 Å². The van der Waals surface area contributed by atoms with E-state index >= 15 is 0 Å². The molecule has 1 aromatic heterocycles. The van der Waals surface area contributed by atoms with Gasteiger partial charge in [-0.3, -0.25) is 0 Å². The van der Waals surface area contributed by atoms with E-state index in [1.165, 1.54) is 0 Å². The highest BCUT2D eigenvalue weighted by atomic mass is 79.9. The van der Waals surface area contributed by atoms with Crippen LogP contribution >= 0.6 is 26.6 Å². The summed E-state index contributed by atoms with van der Waals surface area (Å²) in [4.78, 5) is 3.76. The minimum atomic E-state index is -3.90. The molecular formula is C8H5BrClNO3S. The van der Waals surface area contributed by atoms with E-state index in [9.17, 15) is 8.42 Å². The van der Waals surface area contributed by atoms with Gasteiger partial charge in [0.25, 0.3) is 0 Å². The summed E-state index contributed by atoms with van der Waals surface area (Å²) < 4.78 is 26.9. The lowest BCUT2D eigenvalue weighted by molar-refractivity contribution is 0.464. The van der Waals surface area contributed by atoms with Crippen molar-refractivity contribution in [3.8, 4) is 0 Å². The van der Waals surface area contributed by atoms with Crippen LogP contribution in [-0.4, -0.2) is 13.4 Å². The van der Waals surface area contributed by atoms with Crippen LogP contribution in [0, 0.1) is 0 Å². The van der Waals surface area contributed by atoms with E-state index in [-0.39, 0.29) is 0 Å². The minimum absolute atomic E-state index is 0.408. The molecule has 4 nitrogen and oxygen atoms in total. The van der Waals surface area contributed by atoms with Crippen molar-refractivity contribution in [1.82, 2.24) is 4.98 Å². The van der Waals surface area contributed by atoms with Crippen LogP contribution in [0.5, 0.6) is 0 Å². The van der Waals surface area contributed by atoms with Gasteiger partial charge in [-0.2, -0.15) is 4.98 Å².